The van der Waals surface area contributed by atoms with E-state index in [1.165, 1.54) is 12.1 Å². The van der Waals surface area contributed by atoms with Gasteiger partial charge in [0.1, 0.15) is 11.4 Å². The molecule has 1 aromatic rings. The number of amides is 1. The highest BCUT2D eigenvalue weighted by atomic mass is 19.1. The SMILES string of the molecule is COC(=O)C1=CN(c2ccc(F)cc2)C(=O)C1=O. The van der Waals surface area contributed by atoms with Crippen molar-refractivity contribution in [2.45, 2.75) is 0 Å². The fraction of sp³-hybridized carbons (Fsp3) is 0.0833. The Morgan fingerprint density at radius 2 is 1.83 bits per heavy atom. The highest BCUT2D eigenvalue weighted by molar-refractivity contribution is 6.55. The first-order valence-electron chi connectivity index (χ1n) is 4.98. The number of ether oxygens (including phenoxy) is 1. The first-order valence-corrected chi connectivity index (χ1v) is 4.98. The van der Waals surface area contributed by atoms with Gasteiger partial charge in [0.05, 0.1) is 7.11 Å². The third-order valence-corrected chi connectivity index (χ3v) is 2.43. The summed E-state index contributed by atoms with van der Waals surface area (Å²) in [6.45, 7) is 0. The van der Waals surface area contributed by atoms with Crippen LogP contribution in [-0.4, -0.2) is 24.8 Å². The van der Waals surface area contributed by atoms with Gasteiger partial charge in [0.2, 0.25) is 0 Å². The van der Waals surface area contributed by atoms with Gasteiger partial charge in [-0.3, -0.25) is 14.5 Å². The van der Waals surface area contributed by atoms with Crippen LogP contribution in [0.2, 0.25) is 0 Å². The summed E-state index contributed by atoms with van der Waals surface area (Å²) in [7, 11) is 1.11. The van der Waals surface area contributed by atoms with Crippen molar-refractivity contribution in [3.63, 3.8) is 0 Å². The number of carbonyl (C=O) groups is 3. The van der Waals surface area contributed by atoms with Crippen molar-refractivity contribution in [2.24, 2.45) is 0 Å². The molecule has 1 heterocycles. The molecule has 0 N–H and O–H groups in total. The number of benzene rings is 1. The predicted molar refractivity (Wildman–Crippen MR) is 59.0 cm³/mol. The molecule has 0 spiro atoms. The molecular formula is C12H8FNO4. The number of esters is 1. The highest BCUT2D eigenvalue weighted by Gasteiger charge is 2.36. The second-order valence-electron chi connectivity index (χ2n) is 3.52. The third kappa shape index (κ3) is 1.88. The molecule has 2 rings (SSSR count). The molecule has 1 aliphatic rings. The summed E-state index contributed by atoms with van der Waals surface area (Å²) in [6.07, 6.45) is 1.09. The normalized spacial score (nSPS) is 14.8. The molecular weight excluding hydrogens is 241 g/mol. The average Bonchev–Trinajstić information content (AvgIpc) is 2.67. The van der Waals surface area contributed by atoms with Crippen molar-refractivity contribution in [3.05, 3.63) is 41.9 Å². The fourth-order valence-electron chi connectivity index (χ4n) is 1.52. The van der Waals surface area contributed by atoms with Crippen molar-refractivity contribution in [2.75, 3.05) is 12.0 Å². The molecule has 0 atom stereocenters. The summed E-state index contributed by atoms with van der Waals surface area (Å²) >= 11 is 0. The number of ketones is 1. The Morgan fingerprint density at radius 3 is 2.39 bits per heavy atom. The number of methoxy groups -OCH3 is 1. The fourth-order valence-corrected chi connectivity index (χ4v) is 1.52. The zero-order chi connectivity index (χ0) is 13.3. The summed E-state index contributed by atoms with van der Waals surface area (Å²) in [5.41, 5.74) is -0.0412. The van der Waals surface area contributed by atoms with Gasteiger partial charge in [-0.25, -0.2) is 9.18 Å². The first kappa shape index (κ1) is 12.0. The van der Waals surface area contributed by atoms with E-state index in [0.717, 1.165) is 30.3 Å². The lowest BCUT2D eigenvalue weighted by molar-refractivity contribution is -0.140. The van der Waals surface area contributed by atoms with Gasteiger partial charge in [0.15, 0.2) is 0 Å². The number of nitrogens with zero attached hydrogens (tertiary/aromatic N) is 1. The van der Waals surface area contributed by atoms with Gasteiger partial charge in [0.25, 0.3) is 5.78 Å². The summed E-state index contributed by atoms with van der Waals surface area (Å²) in [4.78, 5) is 35.4. The molecule has 0 saturated heterocycles. The van der Waals surface area contributed by atoms with Crippen LogP contribution in [0.25, 0.3) is 0 Å². The summed E-state index contributed by atoms with van der Waals surface area (Å²) in [5, 5.41) is 0. The Bertz CT molecular complexity index is 562. The second kappa shape index (κ2) is 4.40. The van der Waals surface area contributed by atoms with Gasteiger partial charge in [-0.15, -0.1) is 0 Å². The molecule has 6 heteroatoms. The molecule has 0 aromatic heterocycles. The van der Waals surface area contributed by atoms with Crippen molar-refractivity contribution in [1.29, 1.82) is 0 Å². The van der Waals surface area contributed by atoms with E-state index in [4.69, 9.17) is 0 Å². The second-order valence-corrected chi connectivity index (χ2v) is 3.52. The summed E-state index contributed by atoms with van der Waals surface area (Å²) < 4.78 is 17.1. The number of Topliss-reactive ketones (excluding diaryl/α,β-unsaturated/α-hetero) is 1. The van der Waals surface area contributed by atoms with E-state index in [0.29, 0.717) is 5.69 Å². The minimum absolute atomic E-state index is 0.300. The van der Waals surface area contributed by atoms with Crippen LogP contribution in [-0.2, 0) is 19.1 Å². The van der Waals surface area contributed by atoms with Gasteiger partial charge >= 0.3 is 11.9 Å². The van der Waals surface area contributed by atoms with Crippen molar-refractivity contribution < 1.29 is 23.5 Å². The van der Waals surface area contributed by atoms with Gasteiger partial charge < -0.3 is 4.74 Å². The third-order valence-electron chi connectivity index (χ3n) is 2.43. The smallest absolute Gasteiger partial charge is 0.343 e. The summed E-state index contributed by atoms with van der Waals surface area (Å²) in [6, 6.07) is 4.96. The Labute approximate surface area is 101 Å². The molecule has 0 bridgehead atoms. The maximum absolute atomic E-state index is 12.7. The zero-order valence-corrected chi connectivity index (χ0v) is 9.34. The number of carbonyl (C=O) groups excluding carboxylic acids is 3. The monoisotopic (exact) mass is 249 g/mol. The Hall–Kier alpha value is -2.50. The lowest BCUT2D eigenvalue weighted by Crippen LogP contribution is -2.26. The maximum Gasteiger partial charge on any atom is 0.343 e. The van der Waals surface area contributed by atoms with Crippen LogP contribution in [0, 0.1) is 5.82 Å². The van der Waals surface area contributed by atoms with E-state index >= 15 is 0 Å². The number of hydrogen-bond donors (Lipinski definition) is 0. The van der Waals surface area contributed by atoms with E-state index in [-0.39, 0.29) is 5.57 Å². The topological polar surface area (TPSA) is 63.7 Å². The molecule has 1 aromatic carbocycles. The van der Waals surface area contributed by atoms with Crippen LogP contribution in [0.5, 0.6) is 0 Å². The predicted octanol–water partition coefficient (Wildman–Crippen LogP) is 0.798. The van der Waals surface area contributed by atoms with Gasteiger partial charge in [-0.1, -0.05) is 0 Å². The Kier molecular flexibility index (Phi) is 2.93. The van der Waals surface area contributed by atoms with E-state index in [9.17, 15) is 18.8 Å². The molecule has 1 amide bonds. The van der Waals surface area contributed by atoms with E-state index in [2.05, 4.69) is 4.74 Å². The van der Waals surface area contributed by atoms with E-state index in [1.807, 2.05) is 0 Å². The molecule has 0 unspecified atom stereocenters. The minimum atomic E-state index is -0.939. The van der Waals surface area contributed by atoms with Crippen LogP contribution in [0.15, 0.2) is 36.0 Å². The Balaban J connectivity index is 2.38. The zero-order valence-electron chi connectivity index (χ0n) is 9.34. The first-order chi connectivity index (χ1) is 8.54. The minimum Gasteiger partial charge on any atom is -0.465 e. The molecule has 0 fully saturated rings. The van der Waals surface area contributed by atoms with Gasteiger partial charge in [-0.05, 0) is 24.3 Å². The molecule has 18 heavy (non-hydrogen) atoms. The Morgan fingerprint density at radius 1 is 1.22 bits per heavy atom. The van der Waals surface area contributed by atoms with Crippen LogP contribution >= 0.6 is 0 Å². The van der Waals surface area contributed by atoms with Gasteiger partial charge in [-0.2, -0.15) is 0 Å². The standard InChI is InChI=1S/C12H8FNO4/c1-18-12(17)9-6-14(11(16)10(9)15)8-4-2-7(13)3-5-8/h2-6H,1H3. The van der Waals surface area contributed by atoms with E-state index in [1.54, 1.807) is 0 Å². The molecule has 0 saturated carbocycles. The van der Waals surface area contributed by atoms with Gasteiger partial charge in [0, 0.05) is 11.9 Å². The van der Waals surface area contributed by atoms with Crippen LogP contribution in [0.4, 0.5) is 10.1 Å². The lowest BCUT2D eigenvalue weighted by Gasteiger charge is -2.11. The van der Waals surface area contributed by atoms with E-state index < -0.39 is 23.5 Å². The molecule has 1 aliphatic heterocycles. The van der Waals surface area contributed by atoms with Crippen molar-refractivity contribution >= 4 is 23.3 Å². The highest BCUT2D eigenvalue weighted by Crippen LogP contribution is 2.22. The van der Waals surface area contributed by atoms with Crippen molar-refractivity contribution in [3.8, 4) is 0 Å². The number of halogens is 1. The number of hydrogen-bond acceptors (Lipinski definition) is 4. The number of rotatable bonds is 2. The van der Waals surface area contributed by atoms with Crippen LogP contribution in [0.3, 0.4) is 0 Å². The quantitative estimate of drug-likeness (QED) is 0.442. The van der Waals surface area contributed by atoms with Crippen LogP contribution in [0.1, 0.15) is 0 Å². The number of anilines is 1. The lowest BCUT2D eigenvalue weighted by atomic mass is 10.2. The molecule has 5 nitrogen and oxygen atoms in total. The molecule has 0 radical (unpaired) electrons. The molecule has 92 valence electrons. The molecule has 0 aliphatic carbocycles. The summed E-state index contributed by atoms with van der Waals surface area (Å²) in [5.74, 6) is -3.15. The van der Waals surface area contributed by atoms with Crippen molar-refractivity contribution in [1.82, 2.24) is 0 Å². The largest absolute Gasteiger partial charge is 0.465 e. The maximum atomic E-state index is 12.7. The van der Waals surface area contributed by atoms with Crippen LogP contribution < -0.4 is 4.90 Å². The average molecular weight is 249 g/mol.